The summed E-state index contributed by atoms with van der Waals surface area (Å²) in [4.78, 5) is 22.2. The summed E-state index contributed by atoms with van der Waals surface area (Å²) < 4.78 is 65.5. The topological polar surface area (TPSA) is 52.6 Å². The number of carbonyl (C=O) groups excluding carboxylic acids is 2. The summed E-state index contributed by atoms with van der Waals surface area (Å²) in [5.41, 5.74) is -1.25. The lowest BCUT2D eigenvalue weighted by Gasteiger charge is -2.11. The molecule has 2 aromatic rings. The summed E-state index contributed by atoms with van der Waals surface area (Å²) >= 11 is 0. The molecule has 0 fully saturated rings. The number of carbonyl (C=O) groups is 2. The first-order valence-corrected chi connectivity index (χ1v) is 7.16. The SMILES string of the molecule is C=C(C)C(=O)Oc1ccc(-c2ccc(OC(C)=O)c(F)c2F)c(F)c1F. The molecule has 0 atom stereocenters. The summed E-state index contributed by atoms with van der Waals surface area (Å²) in [5, 5.41) is 0. The van der Waals surface area contributed by atoms with Gasteiger partial charge in [0.15, 0.2) is 23.1 Å². The van der Waals surface area contributed by atoms with E-state index in [1.807, 2.05) is 0 Å². The van der Waals surface area contributed by atoms with Gasteiger partial charge in [0.05, 0.1) is 0 Å². The van der Waals surface area contributed by atoms with Crippen LogP contribution in [0.25, 0.3) is 11.1 Å². The molecule has 0 aliphatic heterocycles. The fraction of sp³-hybridized carbons (Fsp3) is 0.111. The molecule has 26 heavy (non-hydrogen) atoms. The third-order valence-corrected chi connectivity index (χ3v) is 3.19. The Bertz CT molecular complexity index is 922. The fourth-order valence-corrected chi connectivity index (χ4v) is 1.98. The monoisotopic (exact) mass is 368 g/mol. The number of hydrogen-bond acceptors (Lipinski definition) is 4. The molecular formula is C18H12F4O4. The number of rotatable bonds is 4. The molecule has 2 rings (SSSR count). The van der Waals surface area contributed by atoms with E-state index in [4.69, 9.17) is 0 Å². The van der Waals surface area contributed by atoms with Gasteiger partial charge in [0.2, 0.25) is 11.6 Å². The molecule has 0 spiro atoms. The molecule has 0 unspecified atom stereocenters. The van der Waals surface area contributed by atoms with Crippen LogP contribution in [0.2, 0.25) is 0 Å². The van der Waals surface area contributed by atoms with Crippen molar-refractivity contribution in [1.29, 1.82) is 0 Å². The van der Waals surface area contributed by atoms with Crippen molar-refractivity contribution in [2.45, 2.75) is 13.8 Å². The van der Waals surface area contributed by atoms with Crippen LogP contribution in [-0.2, 0) is 9.59 Å². The highest BCUT2D eigenvalue weighted by Crippen LogP contribution is 2.34. The molecule has 0 N–H and O–H groups in total. The predicted molar refractivity (Wildman–Crippen MR) is 83.5 cm³/mol. The third-order valence-electron chi connectivity index (χ3n) is 3.19. The summed E-state index contributed by atoms with van der Waals surface area (Å²) in [6, 6.07) is 3.64. The summed E-state index contributed by atoms with van der Waals surface area (Å²) in [5.74, 6) is -9.43. The molecule has 0 heterocycles. The summed E-state index contributed by atoms with van der Waals surface area (Å²) in [6.45, 7) is 5.61. The number of ether oxygens (including phenoxy) is 2. The van der Waals surface area contributed by atoms with Crippen LogP contribution in [0.4, 0.5) is 17.6 Å². The maximum atomic E-state index is 14.3. The van der Waals surface area contributed by atoms with E-state index in [9.17, 15) is 27.2 Å². The Morgan fingerprint density at radius 2 is 1.19 bits per heavy atom. The Morgan fingerprint density at radius 3 is 1.58 bits per heavy atom. The van der Waals surface area contributed by atoms with E-state index in [-0.39, 0.29) is 5.57 Å². The standard InChI is InChI=1S/C18H12F4O4/c1-8(2)18(24)26-13-7-5-11(15(20)17(13)22)10-4-6-12(25-9(3)23)16(21)14(10)19/h4-7H,1H2,2-3H3. The zero-order valence-corrected chi connectivity index (χ0v) is 13.7. The van der Waals surface area contributed by atoms with Crippen LogP contribution in [0.15, 0.2) is 36.4 Å². The largest absolute Gasteiger partial charge is 0.423 e. The molecule has 0 aromatic heterocycles. The lowest BCUT2D eigenvalue weighted by molar-refractivity contribution is -0.132. The van der Waals surface area contributed by atoms with Gasteiger partial charge in [-0.3, -0.25) is 4.79 Å². The molecule has 0 amide bonds. The average molecular weight is 368 g/mol. The Balaban J connectivity index is 2.48. The predicted octanol–water partition coefficient (Wildman–Crippen LogP) is 4.32. The third kappa shape index (κ3) is 3.74. The number of benzene rings is 2. The summed E-state index contributed by atoms with van der Waals surface area (Å²) in [7, 11) is 0. The first-order chi connectivity index (χ1) is 12.1. The van der Waals surface area contributed by atoms with Gasteiger partial charge in [0.1, 0.15) is 0 Å². The Hall–Kier alpha value is -3.16. The van der Waals surface area contributed by atoms with Gasteiger partial charge in [-0.05, 0) is 31.2 Å². The molecule has 0 saturated heterocycles. The van der Waals surface area contributed by atoms with Crippen molar-refractivity contribution in [2.24, 2.45) is 0 Å². The second-order valence-corrected chi connectivity index (χ2v) is 5.24. The Morgan fingerprint density at radius 1 is 0.769 bits per heavy atom. The van der Waals surface area contributed by atoms with E-state index in [1.54, 1.807) is 0 Å². The van der Waals surface area contributed by atoms with Gasteiger partial charge in [-0.1, -0.05) is 6.58 Å². The van der Waals surface area contributed by atoms with Gasteiger partial charge in [-0.15, -0.1) is 0 Å². The van der Waals surface area contributed by atoms with Gasteiger partial charge in [0.25, 0.3) is 0 Å². The first-order valence-electron chi connectivity index (χ1n) is 7.16. The lowest BCUT2D eigenvalue weighted by Crippen LogP contribution is -2.10. The van der Waals surface area contributed by atoms with E-state index < -0.39 is 57.8 Å². The number of halogens is 4. The first kappa shape index (κ1) is 19.2. The van der Waals surface area contributed by atoms with Crippen LogP contribution < -0.4 is 9.47 Å². The van der Waals surface area contributed by atoms with E-state index in [0.717, 1.165) is 31.2 Å². The molecule has 0 bridgehead atoms. The zero-order chi connectivity index (χ0) is 19.6. The lowest BCUT2D eigenvalue weighted by atomic mass is 10.0. The second kappa shape index (κ2) is 7.38. The molecule has 2 aromatic carbocycles. The van der Waals surface area contributed by atoms with Gasteiger partial charge >= 0.3 is 11.9 Å². The van der Waals surface area contributed by atoms with Gasteiger partial charge in [0, 0.05) is 23.6 Å². The van der Waals surface area contributed by atoms with Crippen molar-refractivity contribution in [3.8, 4) is 22.6 Å². The normalized spacial score (nSPS) is 10.4. The van der Waals surface area contributed by atoms with Crippen LogP contribution in [0, 0.1) is 23.3 Å². The molecule has 136 valence electrons. The minimum Gasteiger partial charge on any atom is -0.423 e. The van der Waals surface area contributed by atoms with Crippen LogP contribution >= 0.6 is 0 Å². The van der Waals surface area contributed by atoms with Crippen molar-refractivity contribution in [1.82, 2.24) is 0 Å². The quantitative estimate of drug-likeness (QED) is 0.349. The smallest absolute Gasteiger partial charge is 0.338 e. The van der Waals surface area contributed by atoms with Crippen LogP contribution in [-0.4, -0.2) is 11.9 Å². The van der Waals surface area contributed by atoms with Crippen LogP contribution in [0.3, 0.4) is 0 Å². The van der Waals surface area contributed by atoms with Crippen molar-refractivity contribution in [3.05, 3.63) is 59.7 Å². The van der Waals surface area contributed by atoms with E-state index >= 15 is 0 Å². The van der Waals surface area contributed by atoms with Gasteiger partial charge in [-0.2, -0.15) is 8.78 Å². The molecule has 0 aliphatic carbocycles. The van der Waals surface area contributed by atoms with Crippen molar-refractivity contribution in [2.75, 3.05) is 0 Å². The van der Waals surface area contributed by atoms with Crippen molar-refractivity contribution in [3.63, 3.8) is 0 Å². The zero-order valence-electron chi connectivity index (χ0n) is 13.7. The molecule has 0 aliphatic rings. The highest BCUT2D eigenvalue weighted by atomic mass is 19.2. The molecule has 0 saturated carbocycles. The highest BCUT2D eigenvalue weighted by molar-refractivity contribution is 5.88. The minimum atomic E-state index is -1.55. The average Bonchev–Trinajstić information content (AvgIpc) is 2.57. The number of esters is 2. The van der Waals surface area contributed by atoms with Crippen molar-refractivity contribution < 1.29 is 36.6 Å². The second-order valence-electron chi connectivity index (χ2n) is 5.24. The molecule has 0 radical (unpaired) electrons. The van der Waals surface area contributed by atoms with Gasteiger partial charge < -0.3 is 9.47 Å². The van der Waals surface area contributed by atoms with E-state index in [0.29, 0.717) is 0 Å². The maximum Gasteiger partial charge on any atom is 0.338 e. The van der Waals surface area contributed by atoms with E-state index in [2.05, 4.69) is 16.1 Å². The van der Waals surface area contributed by atoms with Gasteiger partial charge in [-0.25, -0.2) is 13.6 Å². The summed E-state index contributed by atoms with van der Waals surface area (Å²) in [6.07, 6.45) is 0. The number of hydrogen-bond donors (Lipinski definition) is 0. The van der Waals surface area contributed by atoms with Crippen LogP contribution in [0.1, 0.15) is 13.8 Å². The Labute approximate surface area is 145 Å². The Kier molecular flexibility index (Phi) is 5.44. The minimum absolute atomic E-state index is 0.0388. The molecule has 8 heteroatoms. The molecule has 4 nitrogen and oxygen atoms in total. The fourth-order valence-electron chi connectivity index (χ4n) is 1.98. The molecular weight excluding hydrogens is 356 g/mol. The highest BCUT2D eigenvalue weighted by Gasteiger charge is 2.23. The van der Waals surface area contributed by atoms with E-state index in [1.165, 1.54) is 6.92 Å². The van der Waals surface area contributed by atoms with Crippen LogP contribution in [0.5, 0.6) is 11.5 Å². The van der Waals surface area contributed by atoms with Crippen molar-refractivity contribution >= 4 is 11.9 Å². The maximum absolute atomic E-state index is 14.3.